The zero-order valence-electron chi connectivity index (χ0n) is 8.72. The van der Waals surface area contributed by atoms with Crippen molar-refractivity contribution < 1.29 is 10.3 Å². The van der Waals surface area contributed by atoms with Crippen molar-refractivity contribution in [2.45, 2.75) is 17.1 Å². The van der Waals surface area contributed by atoms with Crippen molar-refractivity contribution in [1.82, 2.24) is 0 Å². The van der Waals surface area contributed by atoms with Crippen molar-refractivity contribution in [3.05, 3.63) is 28.2 Å². The number of hydrogen-bond donors (Lipinski definition) is 3. The lowest BCUT2D eigenvalue weighted by molar-refractivity contribution is 0.300. The zero-order chi connectivity index (χ0) is 12.1. The van der Waals surface area contributed by atoms with E-state index in [1.807, 2.05) is 19.1 Å². The highest BCUT2D eigenvalue weighted by molar-refractivity contribution is 9.10. The van der Waals surface area contributed by atoms with Gasteiger partial charge in [-0.05, 0) is 34.1 Å². The van der Waals surface area contributed by atoms with E-state index in [0.29, 0.717) is 5.56 Å². The van der Waals surface area contributed by atoms with Gasteiger partial charge in [-0.1, -0.05) is 12.1 Å². The Bertz CT molecular complexity index is 398. The summed E-state index contributed by atoms with van der Waals surface area (Å²) in [5, 5.41) is 20.6. The normalized spacial score (nSPS) is 13.8. The summed E-state index contributed by atoms with van der Waals surface area (Å²) in [5.41, 5.74) is 6.14. The van der Waals surface area contributed by atoms with E-state index in [-0.39, 0.29) is 17.7 Å². The first-order chi connectivity index (χ1) is 7.58. The fourth-order valence-corrected chi connectivity index (χ4v) is 2.71. The topological polar surface area (TPSA) is 78.8 Å². The molecule has 0 spiro atoms. The van der Waals surface area contributed by atoms with Gasteiger partial charge in [-0.15, -0.1) is 11.8 Å². The summed E-state index contributed by atoms with van der Waals surface area (Å²) < 4.78 is 0.762. The smallest absolute Gasteiger partial charge is 0.171 e. The van der Waals surface area contributed by atoms with Gasteiger partial charge in [0.25, 0.3) is 0 Å². The van der Waals surface area contributed by atoms with Gasteiger partial charge in [-0.25, -0.2) is 0 Å². The number of halogens is 1. The van der Waals surface area contributed by atoms with Gasteiger partial charge in [0.05, 0.1) is 6.61 Å². The summed E-state index contributed by atoms with van der Waals surface area (Å²) in [4.78, 5) is 1.02. The van der Waals surface area contributed by atoms with Gasteiger partial charge < -0.3 is 16.0 Å². The highest BCUT2D eigenvalue weighted by Gasteiger charge is 2.08. The minimum Gasteiger partial charge on any atom is -0.409 e. The van der Waals surface area contributed by atoms with Crippen LogP contribution >= 0.6 is 27.7 Å². The number of thioether (sulfide) groups is 1. The standard InChI is InChI=1S/C10H13BrN2O2S/c1-6(5-14)16-7-2-3-8(9(11)4-7)10(12)13-15/h2-4,6,14-15H,5H2,1H3,(H2,12,13). The Morgan fingerprint density at radius 3 is 2.81 bits per heavy atom. The Morgan fingerprint density at radius 2 is 2.31 bits per heavy atom. The molecule has 0 fully saturated rings. The van der Waals surface area contributed by atoms with Crippen LogP contribution in [-0.4, -0.2) is 28.0 Å². The fraction of sp³-hybridized carbons (Fsp3) is 0.300. The molecule has 0 aromatic heterocycles. The van der Waals surface area contributed by atoms with E-state index < -0.39 is 0 Å². The van der Waals surface area contributed by atoms with Crippen molar-refractivity contribution >= 4 is 33.5 Å². The van der Waals surface area contributed by atoms with Crippen LogP contribution in [0.25, 0.3) is 0 Å². The molecule has 0 heterocycles. The van der Waals surface area contributed by atoms with Crippen LogP contribution in [0.15, 0.2) is 32.7 Å². The van der Waals surface area contributed by atoms with Gasteiger partial charge in [0.1, 0.15) is 0 Å². The van der Waals surface area contributed by atoms with Gasteiger partial charge in [0.2, 0.25) is 0 Å². The molecule has 1 aromatic carbocycles. The lowest BCUT2D eigenvalue weighted by Crippen LogP contribution is -2.13. The second-order valence-corrected chi connectivity index (χ2v) is 5.60. The minimum absolute atomic E-state index is 0.0682. The Kier molecular flexibility index (Phi) is 5.11. The van der Waals surface area contributed by atoms with E-state index in [2.05, 4.69) is 21.1 Å². The summed E-state index contributed by atoms with van der Waals surface area (Å²) in [5.74, 6) is 0.0682. The van der Waals surface area contributed by atoms with Crippen LogP contribution in [0, 0.1) is 0 Å². The first kappa shape index (κ1) is 13.3. The molecule has 0 saturated carbocycles. The predicted octanol–water partition coefficient (Wildman–Crippen LogP) is 2.02. The lowest BCUT2D eigenvalue weighted by Gasteiger charge is -2.09. The third kappa shape index (κ3) is 3.40. The molecule has 1 rings (SSSR count). The third-order valence-electron chi connectivity index (χ3n) is 1.92. The van der Waals surface area contributed by atoms with Gasteiger partial charge in [-0.3, -0.25) is 0 Å². The highest BCUT2D eigenvalue weighted by Crippen LogP contribution is 2.27. The maximum absolute atomic E-state index is 8.94. The summed E-state index contributed by atoms with van der Waals surface area (Å²) in [6.45, 7) is 2.07. The van der Waals surface area contributed by atoms with E-state index >= 15 is 0 Å². The zero-order valence-corrected chi connectivity index (χ0v) is 11.1. The van der Waals surface area contributed by atoms with E-state index in [0.717, 1.165) is 9.37 Å². The Labute approximate surface area is 107 Å². The quantitative estimate of drug-likeness (QED) is 0.261. The SMILES string of the molecule is CC(CO)Sc1ccc(/C(N)=N/O)c(Br)c1. The Balaban J connectivity index is 2.91. The first-order valence-corrected chi connectivity index (χ1v) is 6.30. The average Bonchev–Trinajstić information content (AvgIpc) is 2.28. The molecule has 0 radical (unpaired) electrons. The van der Waals surface area contributed by atoms with Crippen LogP contribution in [0.1, 0.15) is 12.5 Å². The van der Waals surface area contributed by atoms with Crippen molar-refractivity contribution in [2.75, 3.05) is 6.61 Å². The summed E-state index contributed by atoms with van der Waals surface area (Å²) in [6, 6.07) is 5.52. The van der Waals surface area contributed by atoms with E-state index in [1.54, 1.807) is 17.8 Å². The summed E-state index contributed by atoms with van der Waals surface area (Å²) >= 11 is 4.92. The number of benzene rings is 1. The molecule has 0 aliphatic rings. The summed E-state index contributed by atoms with van der Waals surface area (Å²) in [6.07, 6.45) is 0. The van der Waals surface area contributed by atoms with Crippen LogP contribution < -0.4 is 5.73 Å². The summed E-state index contributed by atoms with van der Waals surface area (Å²) in [7, 11) is 0. The van der Waals surface area contributed by atoms with Crippen molar-refractivity contribution in [3.63, 3.8) is 0 Å². The number of nitrogens with zero attached hydrogens (tertiary/aromatic N) is 1. The molecule has 1 unspecified atom stereocenters. The molecule has 1 atom stereocenters. The maximum Gasteiger partial charge on any atom is 0.171 e. The maximum atomic E-state index is 8.94. The van der Waals surface area contributed by atoms with Crippen LogP contribution in [0.5, 0.6) is 0 Å². The molecule has 0 aliphatic carbocycles. The minimum atomic E-state index is 0.0682. The molecule has 0 bridgehead atoms. The van der Waals surface area contributed by atoms with Gasteiger partial charge in [0, 0.05) is 20.2 Å². The number of amidine groups is 1. The van der Waals surface area contributed by atoms with Gasteiger partial charge in [0.15, 0.2) is 5.84 Å². The third-order valence-corrected chi connectivity index (χ3v) is 3.65. The van der Waals surface area contributed by atoms with Crippen LogP contribution in [-0.2, 0) is 0 Å². The van der Waals surface area contributed by atoms with E-state index in [9.17, 15) is 0 Å². The van der Waals surface area contributed by atoms with Crippen molar-refractivity contribution in [3.8, 4) is 0 Å². The molecule has 4 nitrogen and oxygen atoms in total. The lowest BCUT2D eigenvalue weighted by atomic mass is 10.2. The number of hydrogen-bond acceptors (Lipinski definition) is 4. The molecule has 1 aromatic rings. The predicted molar refractivity (Wildman–Crippen MR) is 69.1 cm³/mol. The monoisotopic (exact) mass is 304 g/mol. The number of rotatable bonds is 4. The molecular weight excluding hydrogens is 292 g/mol. The van der Waals surface area contributed by atoms with Crippen LogP contribution in [0.4, 0.5) is 0 Å². The van der Waals surface area contributed by atoms with Crippen molar-refractivity contribution in [1.29, 1.82) is 0 Å². The van der Waals surface area contributed by atoms with Gasteiger partial charge >= 0.3 is 0 Å². The fourth-order valence-electron chi connectivity index (χ4n) is 1.10. The van der Waals surface area contributed by atoms with E-state index in [1.165, 1.54) is 0 Å². The molecule has 4 N–H and O–H groups in total. The number of aliphatic hydroxyl groups excluding tert-OH is 1. The Hall–Kier alpha value is -0.720. The highest BCUT2D eigenvalue weighted by atomic mass is 79.9. The van der Waals surface area contributed by atoms with Gasteiger partial charge in [-0.2, -0.15) is 0 Å². The molecule has 0 amide bonds. The van der Waals surface area contributed by atoms with Crippen LogP contribution in [0.2, 0.25) is 0 Å². The number of aliphatic hydroxyl groups is 1. The average molecular weight is 305 g/mol. The first-order valence-electron chi connectivity index (χ1n) is 4.63. The van der Waals surface area contributed by atoms with Crippen molar-refractivity contribution in [2.24, 2.45) is 10.9 Å². The molecule has 88 valence electrons. The second kappa shape index (κ2) is 6.12. The molecule has 16 heavy (non-hydrogen) atoms. The largest absolute Gasteiger partial charge is 0.409 e. The van der Waals surface area contributed by atoms with Crippen LogP contribution in [0.3, 0.4) is 0 Å². The van der Waals surface area contributed by atoms with E-state index in [4.69, 9.17) is 16.0 Å². The Morgan fingerprint density at radius 1 is 1.62 bits per heavy atom. The molecule has 0 aliphatic heterocycles. The number of nitrogens with two attached hydrogens (primary N) is 1. The molecule has 0 saturated heterocycles. The second-order valence-electron chi connectivity index (χ2n) is 3.24. The molecule has 6 heteroatoms. The molecular formula is C10H13BrN2O2S. The number of oxime groups is 1.